The second-order valence-electron chi connectivity index (χ2n) is 13.3. The fourth-order valence-electron chi connectivity index (χ4n) is 6.82. The molecule has 1 fully saturated rings. The minimum absolute atomic E-state index is 0.00980. The fraction of sp³-hybridized carbons (Fsp3) is 0.342. The highest BCUT2D eigenvalue weighted by molar-refractivity contribution is 5.85. The smallest absolute Gasteiger partial charge is 0.416 e. The number of fused-ring (bicyclic) bond motifs is 6. The Hall–Kier alpha value is -5.11. The number of ether oxygens (including phenoxy) is 1. The second kappa shape index (κ2) is 14.1. The number of aromatic nitrogens is 1. The van der Waals surface area contributed by atoms with Gasteiger partial charge in [0.05, 0.1) is 18.0 Å². The molecule has 6 rings (SSSR count). The van der Waals surface area contributed by atoms with Crippen LogP contribution in [-0.2, 0) is 28.8 Å². The molecule has 1 saturated heterocycles. The molecule has 3 aromatic carbocycles. The van der Waals surface area contributed by atoms with Gasteiger partial charge in [-0.05, 0) is 90.9 Å². The zero-order valence-electron chi connectivity index (χ0n) is 28.4. The van der Waals surface area contributed by atoms with Gasteiger partial charge in [-0.2, -0.15) is 13.2 Å². The van der Waals surface area contributed by atoms with Crippen LogP contribution in [0.2, 0.25) is 0 Å². The molecule has 0 saturated carbocycles. The van der Waals surface area contributed by atoms with E-state index in [-0.39, 0.29) is 43.8 Å². The van der Waals surface area contributed by atoms with E-state index in [9.17, 15) is 37.1 Å². The molecule has 3 heterocycles. The van der Waals surface area contributed by atoms with E-state index in [4.69, 9.17) is 4.74 Å². The minimum atomic E-state index is -4.97. The Bertz CT molecular complexity index is 2130. The number of aliphatic carboxylic acids is 1. The summed E-state index contributed by atoms with van der Waals surface area (Å²) < 4.78 is 94.8. The summed E-state index contributed by atoms with van der Waals surface area (Å²) in [5, 5.41) is 12.4. The number of nitrogens with one attached hydrogen (secondary N) is 1. The van der Waals surface area contributed by atoms with Crippen molar-refractivity contribution in [2.24, 2.45) is 0 Å². The van der Waals surface area contributed by atoms with Crippen molar-refractivity contribution in [3.05, 3.63) is 121 Å². The van der Waals surface area contributed by atoms with Crippen LogP contribution in [0.1, 0.15) is 63.0 Å². The maximum Gasteiger partial charge on any atom is 0.416 e. The molecular weight excluding hydrogens is 692 g/mol. The number of halogens is 6. The molecule has 274 valence electrons. The first-order valence-corrected chi connectivity index (χ1v) is 16.5. The number of benzene rings is 3. The predicted molar refractivity (Wildman–Crippen MR) is 179 cm³/mol. The van der Waals surface area contributed by atoms with Gasteiger partial charge in [0, 0.05) is 48.6 Å². The van der Waals surface area contributed by atoms with Gasteiger partial charge in [-0.3, -0.25) is 23.9 Å². The third-order valence-corrected chi connectivity index (χ3v) is 9.69. The number of carbonyl (C=O) groups excluding carboxylic acids is 1. The normalized spacial score (nSPS) is 18.1. The molecule has 2 atom stereocenters. The number of likely N-dealkylation sites (tertiary alicyclic amines) is 1. The summed E-state index contributed by atoms with van der Waals surface area (Å²) in [4.78, 5) is 41.6. The number of pyridine rings is 1. The van der Waals surface area contributed by atoms with Crippen LogP contribution in [0.25, 0.3) is 11.1 Å². The summed E-state index contributed by atoms with van der Waals surface area (Å²) >= 11 is 0. The largest absolute Gasteiger partial charge is 0.488 e. The topological polar surface area (TPSA) is 101 Å². The molecule has 4 aromatic rings. The quantitative estimate of drug-likeness (QED) is 0.214. The summed E-state index contributed by atoms with van der Waals surface area (Å²) in [5.74, 6) is -4.04. The van der Waals surface area contributed by atoms with Crippen LogP contribution in [0.5, 0.6) is 5.75 Å². The highest BCUT2D eigenvalue weighted by Crippen LogP contribution is 2.39. The molecule has 2 unspecified atom stereocenters. The molecule has 2 aliphatic rings. The van der Waals surface area contributed by atoms with Gasteiger partial charge in [0.1, 0.15) is 36.2 Å². The van der Waals surface area contributed by atoms with Crippen molar-refractivity contribution in [3.8, 4) is 16.9 Å². The monoisotopic (exact) mass is 727 g/mol. The summed E-state index contributed by atoms with van der Waals surface area (Å²) in [5.41, 5.74) is -0.430. The third-order valence-electron chi connectivity index (χ3n) is 9.69. The Morgan fingerprint density at radius 1 is 0.981 bits per heavy atom. The van der Waals surface area contributed by atoms with Crippen LogP contribution in [0, 0.1) is 32.4 Å². The van der Waals surface area contributed by atoms with E-state index >= 15 is 8.78 Å². The zero-order chi connectivity index (χ0) is 37.6. The van der Waals surface area contributed by atoms with Crippen molar-refractivity contribution in [3.63, 3.8) is 0 Å². The van der Waals surface area contributed by atoms with Crippen molar-refractivity contribution < 1.29 is 45.8 Å². The number of alkyl halides is 4. The molecule has 2 N–H and O–H groups in total. The molecule has 0 aliphatic carbocycles. The number of carboxylic acids is 1. The standard InChI is InChI=1S/C38H35F6N3O5/c1-19-4-7-31-34(21(19)3)24-10-20(2)35(41)27(12-24)30(14-33(49)50)45-37(51)36(26-11-22(18-52-31)5-6-29(26)40)47-15-23(8-9-46-16-25(39)17-46)28(13-32(47)48)38(42,43)44/h4-7,10-13,15,25,30,36H,8-9,14,16-18H2,1-3H3,(H,45,51)(H,49,50). The van der Waals surface area contributed by atoms with Gasteiger partial charge in [0.15, 0.2) is 0 Å². The van der Waals surface area contributed by atoms with Gasteiger partial charge in [0.25, 0.3) is 5.56 Å². The molecule has 0 spiro atoms. The first-order valence-electron chi connectivity index (χ1n) is 16.5. The lowest BCUT2D eigenvalue weighted by Gasteiger charge is -2.34. The van der Waals surface area contributed by atoms with Crippen molar-refractivity contribution in [1.29, 1.82) is 0 Å². The van der Waals surface area contributed by atoms with Gasteiger partial charge in [-0.25, -0.2) is 13.2 Å². The van der Waals surface area contributed by atoms with E-state index in [0.717, 1.165) is 23.4 Å². The first kappa shape index (κ1) is 36.7. The van der Waals surface area contributed by atoms with Gasteiger partial charge in [-0.15, -0.1) is 0 Å². The van der Waals surface area contributed by atoms with Crippen LogP contribution < -0.4 is 15.6 Å². The molecule has 0 radical (unpaired) electrons. The summed E-state index contributed by atoms with van der Waals surface area (Å²) in [7, 11) is 0. The van der Waals surface area contributed by atoms with E-state index in [1.807, 2.05) is 19.9 Å². The maximum atomic E-state index is 16.0. The van der Waals surface area contributed by atoms with Crippen molar-refractivity contribution >= 4 is 11.9 Å². The van der Waals surface area contributed by atoms with Gasteiger partial charge >= 0.3 is 12.1 Å². The second-order valence-corrected chi connectivity index (χ2v) is 13.3. The molecule has 2 aliphatic heterocycles. The summed E-state index contributed by atoms with van der Waals surface area (Å²) in [6.45, 7) is 5.08. The van der Waals surface area contributed by atoms with Crippen LogP contribution in [0.15, 0.2) is 59.5 Å². The Morgan fingerprint density at radius 2 is 1.71 bits per heavy atom. The van der Waals surface area contributed by atoms with Gasteiger partial charge < -0.3 is 15.2 Å². The van der Waals surface area contributed by atoms with E-state index in [0.29, 0.717) is 33.1 Å². The summed E-state index contributed by atoms with van der Waals surface area (Å²) in [6, 6.07) is 6.91. The maximum absolute atomic E-state index is 16.0. The van der Waals surface area contributed by atoms with Crippen LogP contribution in [0.4, 0.5) is 26.3 Å². The number of amides is 1. The number of aryl methyl sites for hydroxylation is 2. The number of carbonyl (C=O) groups is 2. The highest BCUT2D eigenvalue weighted by Gasteiger charge is 2.37. The van der Waals surface area contributed by atoms with Crippen molar-refractivity contribution in [1.82, 2.24) is 14.8 Å². The third kappa shape index (κ3) is 7.29. The fourth-order valence-corrected chi connectivity index (χ4v) is 6.82. The van der Waals surface area contributed by atoms with Crippen molar-refractivity contribution in [2.75, 3.05) is 19.6 Å². The van der Waals surface area contributed by atoms with Crippen LogP contribution in [-0.4, -0.2) is 52.3 Å². The Balaban J connectivity index is 1.56. The van der Waals surface area contributed by atoms with Crippen LogP contribution in [0.3, 0.4) is 0 Å². The Labute approximate surface area is 294 Å². The van der Waals surface area contributed by atoms with Gasteiger partial charge in [-0.1, -0.05) is 12.1 Å². The lowest BCUT2D eigenvalue weighted by atomic mass is 9.90. The molecule has 1 amide bonds. The number of hydrogen-bond donors (Lipinski definition) is 2. The summed E-state index contributed by atoms with van der Waals surface area (Å²) in [6.07, 6.45) is -6.39. The number of hydrogen-bond acceptors (Lipinski definition) is 5. The molecule has 52 heavy (non-hydrogen) atoms. The molecular formula is C38H35F6N3O5. The number of rotatable bonds is 6. The zero-order valence-corrected chi connectivity index (χ0v) is 28.4. The number of nitrogens with zero attached hydrogens (tertiary/aromatic N) is 2. The average Bonchev–Trinajstić information content (AvgIpc) is 3.05. The molecule has 14 heteroatoms. The molecule has 1 aromatic heterocycles. The average molecular weight is 728 g/mol. The van der Waals surface area contributed by atoms with E-state index < -0.39 is 76.6 Å². The lowest BCUT2D eigenvalue weighted by molar-refractivity contribution is -0.139. The van der Waals surface area contributed by atoms with Crippen molar-refractivity contribution in [2.45, 2.75) is 64.7 Å². The van der Waals surface area contributed by atoms with E-state index in [2.05, 4.69) is 5.32 Å². The predicted octanol–water partition coefficient (Wildman–Crippen LogP) is 6.75. The Morgan fingerprint density at radius 3 is 2.38 bits per heavy atom. The minimum Gasteiger partial charge on any atom is -0.488 e. The van der Waals surface area contributed by atoms with E-state index in [1.165, 1.54) is 25.1 Å². The molecule has 8 nitrogen and oxygen atoms in total. The SMILES string of the molecule is Cc1ccc2c(c1C)-c1cc(C)c(F)c(c1)C(CC(=O)O)NC(=O)C(n1cc(CCN3CC(F)C3)c(C(F)(F)F)cc1=O)c1cc(ccc1F)CO2. The lowest BCUT2D eigenvalue weighted by Crippen LogP contribution is -2.49. The molecule has 4 bridgehead atoms. The van der Waals surface area contributed by atoms with E-state index in [1.54, 1.807) is 17.0 Å². The highest BCUT2D eigenvalue weighted by atomic mass is 19.4. The van der Waals surface area contributed by atoms with Crippen LogP contribution >= 0.6 is 0 Å². The Kier molecular flexibility index (Phi) is 9.97. The van der Waals surface area contributed by atoms with Gasteiger partial charge in [0.2, 0.25) is 5.91 Å². The first-order chi connectivity index (χ1) is 24.5. The number of carboxylic acid groups (broad SMARTS) is 1.